The Labute approximate surface area is 91.5 Å². The molecule has 76 valence electrons. The van der Waals surface area contributed by atoms with E-state index in [1.165, 1.54) is 5.56 Å². The Bertz CT molecular complexity index is 379. The fourth-order valence-corrected chi connectivity index (χ4v) is 2.63. The number of halogens is 1. The number of rotatable bonds is 1. The zero-order valence-corrected chi connectivity index (χ0v) is 9.60. The van der Waals surface area contributed by atoms with Gasteiger partial charge in [0.1, 0.15) is 5.75 Å². The quantitative estimate of drug-likeness (QED) is 0.756. The van der Waals surface area contributed by atoms with E-state index in [2.05, 4.69) is 15.9 Å². The molecule has 1 aromatic carbocycles. The van der Waals surface area contributed by atoms with Gasteiger partial charge >= 0.3 is 0 Å². The summed E-state index contributed by atoms with van der Waals surface area (Å²) in [6.45, 7) is 0. The van der Waals surface area contributed by atoms with Gasteiger partial charge in [0.15, 0.2) is 0 Å². The second kappa shape index (κ2) is 3.44. The summed E-state index contributed by atoms with van der Waals surface area (Å²) in [7, 11) is 1.66. The molecule has 0 saturated heterocycles. The molecule has 14 heavy (non-hydrogen) atoms. The summed E-state index contributed by atoms with van der Waals surface area (Å²) < 4.78 is 6.21. The minimum absolute atomic E-state index is 0.0803. The molecular formula is C10H13BrN2O. The average molecular weight is 257 g/mol. The first kappa shape index (κ1) is 9.80. The Morgan fingerprint density at radius 1 is 1.57 bits per heavy atom. The maximum absolute atomic E-state index is 6.00. The normalized spacial score (nSPS) is 19.5. The molecule has 4 N–H and O–H groups in total. The summed E-state index contributed by atoms with van der Waals surface area (Å²) in [5.41, 5.74) is 14.8. The lowest BCUT2D eigenvalue weighted by Gasteiger charge is -2.13. The van der Waals surface area contributed by atoms with E-state index >= 15 is 0 Å². The van der Waals surface area contributed by atoms with Crippen LogP contribution in [0.3, 0.4) is 0 Å². The van der Waals surface area contributed by atoms with Gasteiger partial charge in [0.05, 0.1) is 7.11 Å². The molecule has 1 atom stereocenters. The second-order valence-electron chi connectivity index (χ2n) is 3.52. The van der Waals surface area contributed by atoms with E-state index in [1.807, 2.05) is 6.07 Å². The smallest absolute Gasteiger partial charge is 0.124 e. The highest BCUT2D eigenvalue weighted by Gasteiger charge is 2.26. The van der Waals surface area contributed by atoms with Crippen LogP contribution in [0.2, 0.25) is 0 Å². The van der Waals surface area contributed by atoms with Crippen LogP contribution in [0.25, 0.3) is 0 Å². The van der Waals surface area contributed by atoms with E-state index in [0.29, 0.717) is 5.69 Å². The van der Waals surface area contributed by atoms with E-state index < -0.39 is 0 Å². The lowest BCUT2D eigenvalue weighted by Crippen LogP contribution is -2.07. The number of hydrogen-bond donors (Lipinski definition) is 2. The van der Waals surface area contributed by atoms with Crippen molar-refractivity contribution >= 4 is 21.6 Å². The van der Waals surface area contributed by atoms with Gasteiger partial charge in [-0.15, -0.1) is 0 Å². The van der Waals surface area contributed by atoms with Crippen LogP contribution in [-0.4, -0.2) is 7.11 Å². The molecule has 3 nitrogen and oxygen atoms in total. The van der Waals surface area contributed by atoms with Crippen LogP contribution < -0.4 is 16.2 Å². The van der Waals surface area contributed by atoms with Crippen LogP contribution in [-0.2, 0) is 6.42 Å². The van der Waals surface area contributed by atoms with Crippen LogP contribution in [0, 0.1) is 0 Å². The SMILES string of the molecule is COc1cc(N)c(Br)c2c1CC[C@H]2N. The number of nitrogens with two attached hydrogens (primary N) is 2. The average Bonchev–Trinajstić information content (AvgIpc) is 2.54. The van der Waals surface area contributed by atoms with Crippen LogP contribution >= 0.6 is 15.9 Å². The monoisotopic (exact) mass is 256 g/mol. The van der Waals surface area contributed by atoms with Crippen LogP contribution in [0.5, 0.6) is 5.75 Å². The van der Waals surface area contributed by atoms with Gasteiger partial charge in [0, 0.05) is 27.8 Å². The molecule has 1 aliphatic rings. The third kappa shape index (κ3) is 1.29. The number of hydrogen-bond acceptors (Lipinski definition) is 3. The van der Waals surface area contributed by atoms with Crippen molar-refractivity contribution in [3.63, 3.8) is 0 Å². The summed E-state index contributed by atoms with van der Waals surface area (Å²) in [6.07, 6.45) is 1.94. The summed E-state index contributed by atoms with van der Waals surface area (Å²) in [5, 5.41) is 0. The summed E-state index contributed by atoms with van der Waals surface area (Å²) in [4.78, 5) is 0. The first-order valence-electron chi connectivity index (χ1n) is 4.55. The molecule has 0 aromatic heterocycles. The van der Waals surface area contributed by atoms with E-state index in [9.17, 15) is 0 Å². The van der Waals surface area contributed by atoms with Gasteiger partial charge in [0.2, 0.25) is 0 Å². The molecule has 0 aliphatic heterocycles. The molecule has 4 heteroatoms. The summed E-state index contributed by atoms with van der Waals surface area (Å²) >= 11 is 3.47. The van der Waals surface area contributed by atoms with Crippen molar-refractivity contribution in [2.75, 3.05) is 12.8 Å². The first-order valence-corrected chi connectivity index (χ1v) is 5.34. The van der Waals surface area contributed by atoms with E-state index in [4.69, 9.17) is 16.2 Å². The molecule has 0 spiro atoms. The Kier molecular flexibility index (Phi) is 2.41. The molecule has 1 aliphatic carbocycles. The van der Waals surface area contributed by atoms with Crippen molar-refractivity contribution in [3.8, 4) is 5.75 Å². The molecule has 0 unspecified atom stereocenters. The fraction of sp³-hybridized carbons (Fsp3) is 0.400. The Morgan fingerprint density at radius 3 is 2.93 bits per heavy atom. The predicted molar refractivity (Wildman–Crippen MR) is 60.4 cm³/mol. The topological polar surface area (TPSA) is 61.3 Å². The Hall–Kier alpha value is -0.740. The molecule has 2 rings (SSSR count). The lowest BCUT2D eigenvalue weighted by molar-refractivity contribution is 0.410. The number of ether oxygens (including phenoxy) is 1. The predicted octanol–water partition coefficient (Wildman–Crippen LogP) is 1.99. The zero-order valence-electron chi connectivity index (χ0n) is 8.01. The number of benzene rings is 1. The van der Waals surface area contributed by atoms with E-state index in [-0.39, 0.29) is 6.04 Å². The van der Waals surface area contributed by atoms with Gasteiger partial charge < -0.3 is 16.2 Å². The largest absolute Gasteiger partial charge is 0.496 e. The molecule has 0 radical (unpaired) electrons. The number of nitrogen functional groups attached to an aromatic ring is 1. The highest BCUT2D eigenvalue weighted by molar-refractivity contribution is 9.10. The maximum atomic E-state index is 6.00. The van der Waals surface area contributed by atoms with Gasteiger partial charge in [-0.1, -0.05) is 0 Å². The Balaban J connectivity index is 2.66. The van der Waals surface area contributed by atoms with Crippen molar-refractivity contribution < 1.29 is 4.74 Å². The van der Waals surface area contributed by atoms with Crippen LogP contribution in [0.4, 0.5) is 5.69 Å². The molecule has 0 saturated carbocycles. The van der Waals surface area contributed by atoms with E-state index in [1.54, 1.807) is 7.11 Å². The third-order valence-corrected chi connectivity index (χ3v) is 3.58. The van der Waals surface area contributed by atoms with Gasteiger partial charge in [0.25, 0.3) is 0 Å². The maximum Gasteiger partial charge on any atom is 0.124 e. The van der Waals surface area contributed by atoms with Crippen LogP contribution in [0.1, 0.15) is 23.6 Å². The van der Waals surface area contributed by atoms with Crippen molar-refractivity contribution in [2.24, 2.45) is 5.73 Å². The minimum Gasteiger partial charge on any atom is -0.496 e. The zero-order chi connectivity index (χ0) is 10.3. The highest BCUT2D eigenvalue weighted by Crippen LogP contribution is 2.43. The number of anilines is 1. The lowest BCUT2D eigenvalue weighted by atomic mass is 10.1. The standard InChI is InChI=1S/C10H13BrN2O/c1-14-8-4-7(13)10(11)9-5(8)2-3-6(9)12/h4,6H,2-3,12-13H2,1H3/t6-/m1/s1. The molecule has 0 fully saturated rings. The number of fused-ring (bicyclic) bond motifs is 1. The van der Waals surface area contributed by atoms with Crippen molar-refractivity contribution in [2.45, 2.75) is 18.9 Å². The minimum atomic E-state index is 0.0803. The highest BCUT2D eigenvalue weighted by atomic mass is 79.9. The van der Waals surface area contributed by atoms with Gasteiger partial charge in [-0.25, -0.2) is 0 Å². The molecule has 1 aromatic rings. The molecule has 0 amide bonds. The van der Waals surface area contributed by atoms with Gasteiger partial charge in [-0.05, 0) is 34.3 Å². The second-order valence-corrected chi connectivity index (χ2v) is 4.31. The van der Waals surface area contributed by atoms with Crippen LogP contribution in [0.15, 0.2) is 10.5 Å². The van der Waals surface area contributed by atoms with E-state index in [0.717, 1.165) is 28.6 Å². The Morgan fingerprint density at radius 2 is 2.29 bits per heavy atom. The molecule has 0 heterocycles. The van der Waals surface area contributed by atoms with Gasteiger partial charge in [-0.3, -0.25) is 0 Å². The van der Waals surface area contributed by atoms with Crippen molar-refractivity contribution in [1.29, 1.82) is 0 Å². The van der Waals surface area contributed by atoms with Crippen molar-refractivity contribution in [1.82, 2.24) is 0 Å². The van der Waals surface area contributed by atoms with Gasteiger partial charge in [-0.2, -0.15) is 0 Å². The molecular weight excluding hydrogens is 244 g/mol. The first-order chi connectivity index (χ1) is 6.65. The molecule has 0 bridgehead atoms. The summed E-state index contributed by atoms with van der Waals surface area (Å²) in [5.74, 6) is 0.855. The third-order valence-electron chi connectivity index (χ3n) is 2.70. The number of methoxy groups -OCH3 is 1. The fourth-order valence-electron chi connectivity index (χ4n) is 1.98. The van der Waals surface area contributed by atoms with Crippen molar-refractivity contribution in [3.05, 3.63) is 21.7 Å². The summed E-state index contributed by atoms with van der Waals surface area (Å²) in [6, 6.07) is 1.93.